The van der Waals surface area contributed by atoms with Gasteiger partial charge in [0.05, 0.1) is 6.54 Å². The van der Waals surface area contributed by atoms with Crippen molar-refractivity contribution >= 4 is 5.91 Å². The molecule has 20 heavy (non-hydrogen) atoms. The number of amides is 1. The molecule has 1 amide bonds. The number of carbonyl (C=O) groups is 1. The lowest BCUT2D eigenvalue weighted by Gasteiger charge is -2.25. The molecule has 110 valence electrons. The summed E-state index contributed by atoms with van der Waals surface area (Å²) < 4.78 is 0. The molecule has 0 radical (unpaired) electrons. The van der Waals surface area contributed by atoms with E-state index in [1.54, 1.807) is 12.1 Å². The molecule has 0 spiro atoms. The van der Waals surface area contributed by atoms with Crippen molar-refractivity contribution in [2.24, 2.45) is 0 Å². The number of likely N-dealkylation sites (tertiary alicyclic amines) is 1. The molecule has 2 rings (SSSR count). The van der Waals surface area contributed by atoms with E-state index in [9.17, 15) is 9.90 Å². The van der Waals surface area contributed by atoms with Gasteiger partial charge in [-0.3, -0.25) is 9.69 Å². The van der Waals surface area contributed by atoms with Gasteiger partial charge in [-0.05, 0) is 56.5 Å². The SMILES string of the molecule is O=C(CN1CCCCC1)NCCCc1ccc(O)cc1. The summed E-state index contributed by atoms with van der Waals surface area (Å²) in [6.07, 6.45) is 5.58. The highest BCUT2D eigenvalue weighted by molar-refractivity contribution is 5.77. The van der Waals surface area contributed by atoms with Crippen molar-refractivity contribution in [3.8, 4) is 5.75 Å². The Kier molecular flexibility index (Phi) is 5.87. The highest BCUT2D eigenvalue weighted by atomic mass is 16.3. The first-order valence-electron chi connectivity index (χ1n) is 7.51. The van der Waals surface area contributed by atoms with Crippen LogP contribution in [-0.2, 0) is 11.2 Å². The van der Waals surface area contributed by atoms with Crippen molar-refractivity contribution in [2.45, 2.75) is 32.1 Å². The smallest absolute Gasteiger partial charge is 0.234 e. The maximum absolute atomic E-state index is 11.8. The van der Waals surface area contributed by atoms with E-state index in [-0.39, 0.29) is 5.91 Å². The van der Waals surface area contributed by atoms with E-state index in [1.165, 1.54) is 24.8 Å². The van der Waals surface area contributed by atoms with Crippen LogP contribution in [0.4, 0.5) is 0 Å². The third-order valence-electron chi connectivity index (χ3n) is 3.72. The molecule has 1 heterocycles. The first-order valence-corrected chi connectivity index (χ1v) is 7.51. The molecular weight excluding hydrogens is 252 g/mol. The summed E-state index contributed by atoms with van der Waals surface area (Å²) in [5.74, 6) is 0.432. The molecule has 0 saturated carbocycles. The van der Waals surface area contributed by atoms with Gasteiger partial charge in [0.25, 0.3) is 0 Å². The minimum absolute atomic E-state index is 0.137. The first kappa shape index (κ1) is 14.9. The molecule has 0 aliphatic carbocycles. The highest BCUT2D eigenvalue weighted by Crippen LogP contribution is 2.11. The average molecular weight is 276 g/mol. The van der Waals surface area contributed by atoms with Crippen molar-refractivity contribution in [3.63, 3.8) is 0 Å². The summed E-state index contributed by atoms with van der Waals surface area (Å²) in [5.41, 5.74) is 1.19. The van der Waals surface area contributed by atoms with Crippen LogP contribution in [0.25, 0.3) is 0 Å². The zero-order valence-corrected chi connectivity index (χ0v) is 12.0. The summed E-state index contributed by atoms with van der Waals surface area (Å²) in [6, 6.07) is 7.24. The quantitative estimate of drug-likeness (QED) is 0.781. The summed E-state index contributed by atoms with van der Waals surface area (Å²) >= 11 is 0. The third kappa shape index (κ3) is 5.21. The van der Waals surface area contributed by atoms with E-state index >= 15 is 0 Å². The fourth-order valence-electron chi connectivity index (χ4n) is 2.56. The molecule has 0 aromatic heterocycles. The second-order valence-corrected chi connectivity index (χ2v) is 5.46. The molecular formula is C16H24N2O2. The van der Waals surface area contributed by atoms with Gasteiger partial charge in [0, 0.05) is 6.54 Å². The van der Waals surface area contributed by atoms with Crippen LogP contribution in [0.3, 0.4) is 0 Å². The van der Waals surface area contributed by atoms with Gasteiger partial charge in [0.2, 0.25) is 5.91 Å². The summed E-state index contributed by atoms with van der Waals surface area (Å²) in [7, 11) is 0. The summed E-state index contributed by atoms with van der Waals surface area (Å²) in [5, 5.41) is 12.2. The van der Waals surface area contributed by atoms with Gasteiger partial charge in [-0.2, -0.15) is 0 Å². The van der Waals surface area contributed by atoms with Crippen molar-refractivity contribution in [2.75, 3.05) is 26.2 Å². The van der Waals surface area contributed by atoms with E-state index in [4.69, 9.17) is 0 Å². The van der Waals surface area contributed by atoms with Crippen LogP contribution in [0, 0.1) is 0 Å². The predicted octanol–water partition coefficient (Wildman–Crippen LogP) is 1.93. The number of rotatable bonds is 6. The topological polar surface area (TPSA) is 52.6 Å². The van der Waals surface area contributed by atoms with Crippen LogP contribution >= 0.6 is 0 Å². The Bertz CT molecular complexity index is 411. The lowest BCUT2D eigenvalue weighted by Crippen LogP contribution is -2.40. The van der Waals surface area contributed by atoms with Crippen molar-refractivity contribution in [3.05, 3.63) is 29.8 Å². The largest absolute Gasteiger partial charge is 0.508 e. The fraction of sp³-hybridized carbons (Fsp3) is 0.562. The van der Waals surface area contributed by atoms with Crippen LogP contribution in [0.15, 0.2) is 24.3 Å². The van der Waals surface area contributed by atoms with Gasteiger partial charge in [-0.15, -0.1) is 0 Å². The number of nitrogens with zero attached hydrogens (tertiary/aromatic N) is 1. The first-order chi connectivity index (χ1) is 9.74. The number of hydrogen-bond acceptors (Lipinski definition) is 3. The molecule has 2 N–H and O–H groups in total. The molecule has 0 atom stereocenters. The van der Waals surface area contributed by atoms with Crippen molar-refractivity contribution < 1.29 is 9.90 Å². The molecule has 0 unspecified atom stereocenters. The maximum Gasteiger partial charge on any atom is 0.234 e. The molecule has 4 nitrogen and oxygen atoms in total. The number of phenolic OH excluding ortho intramolecular Hbond substituents is 1. The second kappa shape index (κ2) is 7.90. The van der Waals surface area contributed by atoms with E-state index in [2.05, 4.69) is 10.2 Å². The number of piperidine rings is 1. The number of aryl methyl sites for hydroxylation is 1. The number of hydrogen-bond donors (Lipinski definition) is 2. The third-order valence-corrected chi connectivity index (χ3v) is 3.72. The van der Waals surface area contributed by atoms with E-state index < -0.39 is 0 Å². The molecule has 1 fully saturated rings. The van der Waals surface area contributed by atoms with E-state index in [0.29, 0.717) is 18.8 Å². The molecule has 1 saturated heterocycles. The molecule has 1 aliphatic heterocycles. The van der Waals surface area contributed by atoms with Crippen LogP contribution in [-0.4, -0.2) is 42.1 Å². The molecule has 0 bridgehead atoms. The number of aromatic hydroxyl groups is 1. The lowest BCUT2D eigenvalue weighted by atomic mass is 10.1. The van der Waals surface area contributed by atoms with Crippen LogP contribution in [0.5, 0.6) is 5.75 Å². The lowest BCUT2D eigenvalue weighted by molar-refractivity contribution is -0.122. The van der Waals surface area contributed by atoms with Gasteiger partial charge in [0.1, 0.15) is 5.75 Å². The maximum atomic E-state index is 11.8. The van der Waals surface area contributed by atoms with Crippen LogP contribution < -0.4 is 5.32 Å². The minimum Gasteiger partial charge on any atom is -0.508 e. The Morgan fingerprint density at radius 1 is 1.15 bits per heavy atom. The molecule has 1 aromatic carbocycles. The Labute approximate surface area is 120 Å². The molecule has 1 aliphatic rings. The monoisotopic (exact) mass is 276 g/mol. The Morgan fingerprint density at radius 2 is 1.85 bits per heavy atom. The number of carbonyl (C=O) groups excluding carboxylic acids is 1. The van der Waals surface area contributed by atoms with Gasteiger partial charge in [-0.25, -0.2) is 0 Å². The van der Waals surface area contributed by atoms with Crippen molar-refractivity contribution in [1.82, 2.24) is 10.2 Å². The van der Waals surface area contributed by atoms with Gasteiger partial charge >= 0.3 is 0 Å². The fourth-order valence-corrected chi connectivity index (χ4v) is 2.56. The summed E-state index contributed by atoms with van der Waals surface area (Å²) in [6.45, 7) is 3.37. The average Bonchev–Trinajstić information content (AvgIpc) is 2.46. The normalized spacial score (nSPS) is 16.0. The second-order valence-electron chi connectivity index (χ2n) is 5.46. The highest BCUT2D eigenvalue weighted by Gasteiger charge is 2.13. The molecule has 4 heteroatoms. The minimum atomic E-state index is 0.137. The van der Waals surface area contributed by atoms with Gasteiger partial charge in [0.15, 0.2) is 0 Å². The summed E-state index contributed by atoms with van der Waals surface area (Å²) in [4.78, 5) is 14.0. The Hall–Kier alpha value is -1.55. The predicted molar refractivity (Wildman–Crippen MR) is 79.7 cm³/mol. The van der Waals surface area contributed by atoms with Crippen LogP contribution in [0.2, 0.25) is 0 Å². The van der Waals surface area contributed by atoms with Crippen LogP contribution in [0.1, 0.15) is 31.2 Å². The Morgan fingerprint density at radius 3 is 2.55 bits per heavy atom. The number of phenols is 1. The van der Waals surface area contributed by atoms with E-state index in [0.717, 1.165) is 25.9 Å². The number of nitrogens with one attached hydrogen (secondary N) is 1. The zero-order valence-electron chi connectivity index (χ0n) is 12.0. The van der Waals surface area contributed by atoms with Gasteiger partial charge < -0.3 is 10.4 Å². The van der Waals surface area contributed by atoms with Gasteiger partial charge in [-0.1, -0.05) is 18.6 Å². The zero-order chi connectivity index (χ0) is 14.2. The number of benzene rings is 1. The van der Waals surface area contributed by atoms with Crippen molar-refractivity contribution in [1.29, 1.82) is 0 Å². The Balaban J connectivity index is 1.58. The molecule has 1 aromatic rings. The standard InChI is InChI=1S/C16H24N2O2/c19-15-8-6-14(7-9-15)5-4-10-17-16(20)13-18-11-2-1-3-12-18/h6-9,19H,1-5,10-13H2,(H,17,20). The van der Waals surface area contributed by atoms with E-state index in [1.807, 2.05) is 12.1 Å².